The number of sulfonamides is 1. The van der Waals surface area contributed by atoms with Gasteiger partial charge in [-0.25, -0.2) is 13.2 Å². The van der Waals surface area contributed by atoms with Crippen molar-refractivity contribution < 1.29 is 22.7 Å². The predicted octanol–water partition coefficient (Wildman–Crippen LogP) is 0.790. The first kappa shape index (κ1) is 17.7. The largest absolute Gasteiger partial charge is 0.494 e. The molecule has 0 aromatic heterocycles. The van der Waals surface area contributed by atoms with E-state index in [4.69, 9.17) is 4.74 Å². The van der Waals surface area contributed by atoms with Gasteiger partial charge in [-0.3, -0.25) is 9.69 Å². The minimum absolute atomic E-state index is 0.176. The third-order valence-electron chi connectivity index (χ3n) is 4.71. The lowest BCUT2D eigenvalue weighted by Gasteiger charge is -2.36. The second kappa shape index (κ2) is 6.30. The van der Waals surface area contributed by atoms with Gasteiger partial charge in [0.2, 0.25) is 10.0 Å². The zero-order chi connectivity index (χ0) is 18.2. The number of hydrogen-bond donors (Lipinski definition) is 1. The number of benzene rings is 1. The maximum atomic E-state index is 12.8. The first-order valence-corrected chi connectivity index (χ1v) is 9.57. The van der Waals surface area contributed by atoms with E-state index >= 15 is 0 Å². The van der Waals surface area contributed by atoms with Gasteiger partial charge in [-0.15, -0.1) is 0 Å². The summed E-state index contributed by atoms with van der Waals surface area (Å²) in [5.74, 6) is 0.317. The maximum absolute atomic E-state index is 12.8. The molecule has 0 unspecified atom stereocenters. The highest BCUT2D eigenvalue weighted by Crippen LogP contribution is 2.31. The van der Waals surface area contributed by atoms with Crippen molar-refractivity contribution in [2.45, 2.75) is 30.2 Å². The third kappa shape index (κ3) is 2.98. The molecule has 1 aromatic rings. The Morgan fingerprint density at radius 1 is 1.16 bits per heavy atom. The summed E-state index contributed by atoms with van der Waals surface area (Å²) in [7, 11) is -2.22. The highest BCUT2D eigenvalue weighted by molar-refractivity contribution is 7.89. The van der Waals surface area contributed by atoms with Crippen LogP contribution in [0.3, 0.4) is 0 Å². The van der Waals surface area contributed by atoms with Gasteiger partial charge in [0.15, 0.2) is 0 Å². The van der Waals surface area contributed by atoms with Crippen molar-refractivity contribution in [2.75, 3.05) is 26.7 Å². The molecule has 3 amide bonds. The molecule has 0 atom stereocenters. The van der Waals surface area contributed by atoms with E-state index in [2.05, 4.69) is 5.32 Å². The van der Waals surface area contributed by atoms with Crippen LogP contribution in [0.5, 0.6) is 5.75 Å². The number of nitrogens with zero attached hydrogens (tertiary/aromatic N) is 2. The topological polar surface area (TPSA) is 96.0 Å². The predicted molar refractivity (Wildman–Crippen MR) is 89.6 cm³/mol. The summed E-state index contributed by atoms with van der Waals surface area (Å²) in [6.45, 7) is 2.72. The average Bonchev–Trinajstić information content (AvgIpc) is 2.80. The van der Waals surface area contributed by atoms with Crippen molar-refractivity contribution in [1.82, 2.24) is 14.5 Å². The number of imide groups is 1. The van der Waals surface area contributed by atoms with Crippen LogP contribution in [0.4, 0.5) is 4.79 Å². The Bertz CT molecular complexity index is 782. The van der Waals surface area contributed by atoms with Crippen LogP contribution in [-0.4, -0.2) is 61.8 Å². The standard InChI is InChI=1S/C16H21N3O5S/c1-3-24-12-4-6-13(7-5-12)25(22,23)19-10-8-16(9-11-19)14(20)18(2)15(21)17-16/h4-7H,3,8-11H2,1-2H3,(H,17,21). The fourth-order valence-corrected chi connectivity index (χ4v) is 4.67. The normalized spacial score (nSPS) is 20.8. The fraction of sp³-hybridized carbons (Fsp3) is 0.500. The van der Waals surface area contributed by atoms with E-state index in [9.17, 15) is 18.0 Å². The lowest BCUT2D eigenvalue weighted by atomic mass is 9.88. The molecular weight excluding hydrogens is 346 g/mol. The highest BCUT2D eigenvalue weighted by Gasteiger charge is 2.52. The highest BCUT2D eigenvalue weighted by atomic mass is 32.2. The van der Waals surface area contributed by atoms with Gasteiger partial charge in [-0.1, -0.05) is 0 Å². The van der Waals surface area contributed by atoms with Crippen LogP contribution in [0.1, 0.15) is 19.8 Å². The summed E-state index contributed by atoms with van der Waals surface area (Å²) in [5.41, 5.74) is -0.976. The molecule has 2 aliphatic rings. The third-order valence-corrected chi connectivity index (χ3v) is 6.63. The number of piperidine rings is 1. The Morgan fingerprint density at radius 2 is 1.76 bits per heavy atom. The van der Waals surface area contributed by atoms with Gasteiger partial charge < -0.3 is 10.1 Å². The zero-order valence-electron chi connectivity index (χ0n) is 14.2. The Balaban J connectivity index is 1.73. The van der Waals surface area contributed by atoms with Gasteiger partial charge in [-0.05, 0) is 44.0 Å². The number of nitrogens with one attached hydrogen (secondary N) is 1. The zero-order valence-corrected chi connectivity index (χ0v) is 15.0. The van der Waals surface area contributed by atoms with Gasteiger partial charge in [0.1, 0.15) is 11.3 Å². The molecule has 1 spiro atoms. The minimum atomic E-state index is -3.64. The number of rotatable bonds is 4. The molecule has 0 bridgehead atoms. The fourth-order valence-electron chi connectivity index (χ4n) is 3.23. The van der Waals surface area contributed by atoms with Crippen LogP contribution in [0.2, 0.25) is 0 Å². The molecule has 3 rings (SSSR count). The first-order valence-electron chi connectivity index (χ1n) is 8.13. The molecule has 8 nitrogen and oxygen atoms in total. The van der Waals surface area contributed by atoms with E-state index in [0.717, 1.165) is 4.90 Å². The molecule has 2 aliphatic heterocycles. The smallest absolute Gasteiger partial charge is 0.324 e. The summed E-state index contributed by atoms with van der Waals surface area (Å²) in [6, 6.07) is 5.84. The van der Waals surface area contributed by atoms with Crippen molar-refractivity contribution in [3.63, 3.8) is 0 Å². The molecule has 2 fully saturated rings. The van der Waals surface area contributed by atoms with E-state index in [1.807, 2.05) is 6.92 Å². The SMILES string of the molecule is CCOc1ccc(S(=O)(=O)N2CCC3(CC2)NC(=O)N(C)C3=O)cc1. The van der Waals surface area contributed by atoms with Crippen LogP contribution in [0.25, 0.3) is 0 Å². The Kier molecular flexibility index (Phi) is 4.46. The number of amides is 3. The average molecular weight is 367 g/mol. The molecule has 25 heavy (non-hydrogen) atoms. The number of carbonyl (C=O) groups is 2. The number of ether oxygens (including phenoxy) is 1. The summed E-state index contributed by atoms with van der Waals surface area (Å²) in [4.78, 5) is 25.2. The summed E-state index contributed by atoms with van der Waals surface area (Å²) >= 11 is 0. The van der Waals surface area contributed by atoms with E-state index < -0.39 is 21.6 Å². The van der Waals surface area contributed by atoms with Crippen molar-refractivity contribution in [1.29, 1.82) is 0 Å². The van der Waals surface area contributed by atoms with Gasteiger partial charge in [0, 0.05) is 20.1 Å². The van der Waals surface area contributed by atoms with Crippen molar-refractivity contribution >= 4 is 22.0 Å². The van der Waals surface area contributed by atoms with E-state index in [0.29, 0.717) is 12.4 Å². The van der Waals surface area contributed by atoms with Crippen LogP contribution in [0.15, 0.2) is 29.2 Å². The molecule has 136 valence electrons. The summed E-state index contributed by atoms with van der Waals surface area (Å²) in [6.07, 6.45) is 0.524. The van der Waals surface area contributed by atoms with Gasteiger partial charge in [0.05, 0.1) is 11.5 Å². The van der Waals surface area contributed by atoms with Crippen molar-refractivity contribution in [3.05, 3.63) is 24.3 Å². The van der Waals surface area contributed by atoms with Crippen molar-refractivity contribution in [3.8, 4) is 5.75 Å². The molecule has 2 heterocycles. The quantitative estimate of drug-likeness (QED) is 0.794. The van der Waals surface area contributed by atoms with Gasteiger partial charge in [-0.2, -0.15) is 4.31 Å². The van der Waals surface area contributed by atoms with Crippen LogP contribution >= 0.6 is 0 Å². The summed E-state index contributed by atoms with van der Waals surface area (Å²) < 4.78 is 32.2. The minimum Gasteiger partial charge on any atom is -0.494 e. The molecular formula is C16H21N3O5S. The molecule has 0 aliphatic carbocycles. The van der Waals surface area contributed by atoms with E-state index in [1.165, 1.54) is 23.5 Å². The molecule has 2 saturated heterocycles. The Morgan fingerprint density at radius 3 is 2.24 bits per heavy atom. The number of likely N-dealkylation sites (N-methyl/N-ethyl adjacent to an activating group) is 1. The van der Waals surface area contributed by atoms with E-state index in [-0.39, 0.29) is 36.7 Å². The van der Waals surface area contributed by atoms with Crippen molar-refractivity contribution in [2.24, 2.45) is 0 Å². The van der Waals surface area contributed by atoms with Crippen LogP contribution < -0.4 is 10.1 Å². The second-order valence-electron chi connectivity index (χ2n) is 6.18. The lowest BCUT2D eigenvalue weighted by Crippen LogP contribution is -2.55. The van der Waals surface area contributed by atoms with Gasteiger partial charge in [0.25, 0.3) is 5.91 Å². The lowest BCUT2D eigenvalue weighted by molar-refractivity contribution is -0.131. The molecule has 0 radical (unpaired) electrons. The molecule has 0 saturated carbocycles. The van der Waals surface area contributed by atoms with Crippen LogP contribution in [0, 0.1) is 0 Å². The number of hydrogen-bond acceptors (Lipinski definition) is 5. The van der Waals surface area contributed by atoms with E-state index in [1.54, 1.807) is 12.1 Å². The second-order valence-corrected chi connectivity index (χ2v) is 8.12. The number of carbonyl (C=O) groups excluding carboxylic acids is 2. The maximum Gasteiger partial charge on any atom is 0.324 e. The Labute approximate surface area is 146 Å². The molecule has 9 heteroatoms. The molecule has 1 N–H and O–H groups in total. The first-order chi connectivity index (χ1) is 11.8. The Hall–Kier alpha value is -2.13. The summed E-state index contributed by atoms with van der Waals surface area (Å²) in [5, 5.41) is 2.70. The number of urea groups is 1. The molecule has 1 aromatic carbocycles. The monoisotopic (exact) mass is 367 g/mol. The van der Waals surface area contributed by atoms with Crippen LogP contribution in [-0.2, 0) is 14.8 Å². The van der Waals surface area contributed by atoms with Gasteiger partial charge >= 0.3 is 6.03 Å².